The van der Waals surface area contributed by atoms with Crippen molar-refractivity contribution in [3.05, 3.63) is 29.8 Å². The number of hydrogen-bond donors (Lipinski definition) is 0. The number of benzene rings is 1. The Morgan fingerprint density at radius 1 is 1.13 bits per heavy atom. The Morgan fingerprint density at radius 3 is 2.20 bits per heavy atom. The first-order valence-electron chi connectivity index (χ1n) is 4.87. The molecule has 0 fully saturated rings. The van der Waals surface area contributed by atoms with Gasteiger partial charge < -0.3 is 9.26 Å². The first-order chi connectivity index (χ1) is 7.01. The maximum atomic E-state index is 5.82. The predicted octanol–water partition coefficient (Wildman–Crippen LogP) is 2.88. The lowest BCUT2D eigenvalue weighted by Gasteiger charge is -2.18. The molecular weight excluding hydrogens is 206 g/mol. The highest BCUT2D eigenvalue weighted by atomic mass is 28.4. The third-order valence-corrected chi connectivity index (χ3v) is 2.46. The molecule has 0 aromatic heterocycles. The molecule has 0 heterocycles. The van der Waals surface area contributed by atoms with Gasteiger partial charge in [0.2, 0.25) is 8.32 Å². The summed E-state index contributed by atoms with van der Waals surface area (Å²) in [6, 6.07) is 7.82. The van der Waals surface area contributed by atoms with E-state index in [2.05, 4.69) is 29.6 Å². The van der Waals surface area contributed by atoms with E-state index in [0.29, 0.717) is 0 Å². The van der Waals surface area contributed by atoms with Gasteiger partial charge >= 0.3 is 0 Å². The van der Waals surface area contributed by atoms with Crippen molar-refractivity contribution in [3.63, 3.8) is 0 Å². The van der Waals surface area contributed by atoms with Crippen molar-refractivity contribution >= 4 is 14.5 Å². The summed E-state index contributed by atoms with van der Waals surface area (Å²) in [5.74, 6) is 0.920. The minimum atomic E-state index is -1.50. The molecule has 0 aliphatic heterocycles. The normalized spacial score (nSPS) is 11.7. The standard InChI is InChI=1S/C11H17NO2Si/c1-13-12-9-10-5-7-11(8-6-10)14-15(2,3)4/h5-9H,1-4H3. The molecule has 0 spiro atoms. The second-order valence-electron chi connectivity index (χ2n) is 4.20. The summed E-state index contributed by atoms with van der Waals surface area (Å²) >= 11 is 0. The van der Waals surface area contributed by atoms with Crippen LogP contribution < -0.4 is 4.43 Å². The lowest BCUT2D eigenvalue weighted by molar-refractivity contribution is 0.215. The Hall–Kier alpha value is -1.29. The van der Waals surface area contributed by atoms with Crippen molar-refractivity contribution in [2.24, 2.45) is 5.16 Å². The molecule has 0 saturated carbocycles. The summed E-state index contributed by atoms with van der Waals surface area (Å²) in [5.41, 5.74) is 1.000. The molecule has 3 nitrogen and oxygen atoms in total. The van der Waals surface area contributed by atoms with E-state index in [1.165, 1.54) is 7.11 Å². The van der Waals surface area contributed by atoms with E-state index in [0.717, 1.165) is 11.3 Å². The molecule has 0 N–H and O–H groups in total. The van der Waals surface area contributed by atoms with Gasteiger partial charge in [0.15, 0.2) is 0 Å². The fourth-order valence-electron chi connectivity index (χ4n) is 1.09. The molecule has 0 radical (unpaired) electrons. The molecule has 0 atom stereocenters. The third kappa shape index (κ3) is 4.65. The average Bonchev–Trinajstić information content (AvgIpc) is 2.14. The van der Waals surface area contributed by atoms with Gasteiger partial charge in [-0.15, -0.1) is 0 Å². The van der Waals surface area contributed by atoms with Gasteiger partial charge in [-0.1, -0.05) is 5.16 Å². The SMILES string of the molecule is CON=Cc1ccc(O[Si](C)(C)C)cc1. The van der Waals surface area contributed by atoms with Gasteiger partial charge in [0, 0.05) is 0 Å². The molecule has 4 heteroatoms. The highest BCUT2D eigenvalue weighted by Gasteiger charge is 2.15. The smallest absolute Gasteiger partial charge is 0.242 e. The van der Waals surface area contributed by atoms with Gasteiger partial charge in [-0.05, 0) is 49.5 Å². The molecule has 1 aromatic carbocycles. The molecule has 1 aromatic rings. The van der Waals surface area contributed by atoms with Gasteiger partial charge in [0.1, 0.15) is 12.9 Å². The average molecular weight is 223 g/mol. The van der Waals surface area contributed by atoms with Crippen LogP contribution in [-0.2, 0) is 4.84 Å². The van der Waals surface area contributed by atoms with E-state index < -0.39 is 8.32 Å². The van der Waals surface area contributed by atoms with E-state index in [9.17, 15) is 0 Å². The van der Waals surface area contributed by atoms with Crippen LogP contribution in [0.2, 0.25) is 19.6 Å². The number of nitrogens with zero attached hydrogens (tertiary/aromatic N) is 1. The molecule has 0 aliphatic carbocycles. The van der Waals surface area contributed by atoms with E-state index in [-0.39, 0.29) is 0 Å². The van der Waals surface area contributed by atoms with Gasteiger partial charge in [-0.3, -0.25) is 0 Å². The topological polar surface area (TPSA) is 30.8 Å². The maximum Gasteiger partial charge on any atom is 0.242 e. The molecule has 82 valence electrons. The molecule has 0 aliphatic rings. The summed E-state index contributed by atoms with van der Waals surface area (Å²) in [6.07, 6.45) is 1.66. The van der Waals surface area contributed by atoms with Crippen LogP contribution in [0, 0.1) is 0 Å². The zero-order chi connectivity index (χ0) is 11.3. The van der Waals surface area contributed by atoms with Crippen LogP contribution in [-0.4, -0.2) is 21.6 Å². The Kier molecular flexibility index (Phi) is 3.91. The van der Waals surface area contributed by atoms with Crippen LogP contribution in [0.3, 0.4) is 0 Å². The Morgan fingerprint density at radius 2 is 1.73 bits per heavy atom. The Balaban J connectivity index is 2.68. The minimum Gasteiger partial charge on any atom is -0.544 e. The molecule has 0 amide bonds. The first kappa shape index (κ1) is 11.8. The highest BCUT2D eigenvalue weighted by Crippen LogP contribution is 2.16. The fourth-order valence-corrected chi connectivity index (χ4v) is 1.93. The molecule has 0 saturated heterocycles. The number of hydrogen-bond acceptors (Lipinski definition) is 3. The van der Waals surface area contributed by atoms with Crippen molar-refractivity contribution in [3.8, 4) is 5.75 Å². The van der Waals surface area contributed by atoms with Crippen LogP contribution in [0.4, 0.5) is 0 Å². The lowest BCUT2D eigenvalue weighted by atomic mass is 10.2. The van der Waals surface area contributed by atoms with Gasteiger partial charge in [0.25, 0.3) is 0 Å². The zero-order valence-electron chi connectivity index (χ0n) is 9.65. The lowest BCUT2D eigenvalue weighted by Crippen LogP contribution is -2.29. The first-order valence-corrected chi connectivity index (χ1v) is 8.28. The van der Waals surface area contributed by atoms with Crippen LogP contribution in [0.5, 0.6) is 5.75 Å². The third-order valence-electron chi connectivity index (χ3n) is 1.61. The largest absolute Gasteiger partial charge is 0.544 e. The summed E-state index contributed by atoms with van der Waals surface area (Å²) in [4.78, 5) is 4.60. The summed E-state index contributed by atoms with van der Waals surface area (Å²) in [6.45, 7) is 6.48. The second-order valence-corrected chi connectivity index (χ2v) is 8.63. The van der Waals surface area contributed by atoms with E-state index >= 15 is 0 Å². The van der Waals surface area contributed by atoms with Gasteiger partial charge in [-0.2, -0.15) is 0 Å². The van der Waals surface area contributed by atoms with Crippen molar-refractivity contribution in [1.82, 2.24) is 0 Å². The minimum absolute atomic E-state index is 0.920. The fraction of sp³-hybridized carbons (Fsp3) is 0.364. The Labute approximate surface area is 91.8 Å². The predicted molar refractivity (Wildman–Crippen MR) is 65.0 cm³/mol. The van der Waals surface area contributed by atoms with E-state index in [4.69, 9.17) is 4.43 Å². The summed E-state index contributed by atoms with van der Waals surface area (Å²) in [7, 11) is 0.0278. The second kappa shape index (κ2) is 4.98. The van der Waals surface area contributed by atoms with Crippen molar-refractivity contribution < 1.29 is 9.26 Å². The van der Waals surface area contributed by atoms with E-state index in [1.54, 1.807) is 6.21 Å². The maximum absolute atomic E-state index is 5.82. The van der Waals surface area contributed by atoms with E-state index in [1.807, 2.05) is 24.3 Å². The molecule has 1 rings (SSSR count). The number of oxime groups is 1. The van der Waals surface area contributed by atoms with Gasteiger partial charge in [0.05, 0.1) is 6.21 Å². The molecule has 0 unspecified atom stereocenters. The van der Waals surface area contributed by atoms with Crippen LogP contribution in [0.15, 0.2) is 29.4 Å². The van der Waals surface area contributed by atoms with Crippen molar-refractivity contribution in [1.29, 1.82) is 0 Å². The van der Waals surface area contributed by atoms with Crippen molar-refractivity contribution in [2.45, 2.75) is 19.6 Å². The summed E-state index contributed by atoms with van der Waals surface area (Å²) < 4.78 is 5.82. The zero-order valence-corrected chi connectivity index (χ0v) is 10.7. The number of rotatable bonds is 4. The molecule has 15 heavy (non-hydrogen) atoms. The van der Waals surface area contributed by atoms with Gasteiger partial charge in [-0.25, -0.2) is 0 Å². The molecule has 0 bridgehead atoms. The van der Waals surface area contributed by atoms with Crippen LogP contribution in [0.25, 0.3) is 0 Å². The van der Waals surface area contributed by atoms with Crippen LogP contribution in [0.1, 0.15) is 5.56 Å². The Bertz CT molecular complexity index is 327. The monoisotopic (exact) mass is 223 g/mol. The molecular formula is C11H17NO2Si. The quantitative estimate of drug-likeness (QED) is 0.446. The highest BCUT2D eigenvalue weighted by molar-refractivity contribution is 6.70. The summed E-state index contributed by atoms with van der Waals surface area (Å²) in [5, 5.41) is 3.69. The van der Waals surface area contributed by atoms with Crippen molar-refractivity contribution in [2.75, 3.05) is 7.11 Å². The van der Waals surface area contributed by atoms with Crippen LogP contribution >= 0.6 is 0 Å².